The maximum Gasteiger partial charge on any atom is 0.251 e. The normalized spacial score (nSPS) is 12.9. The molecule has 0 heterocycles. The molecule has 104 valence electrons. The molecular formula is C13H18FN3O2. The molecule has 19 heavy (non-hydrogen) atoms. The van der Waals surface area contributed by atoms with E-state index in [4.69, 9.17) is 11.5 Å². The van der Waals surface area contributed by atoms with Gasteiger partial charge in [0.2, 0.25) is 5.91 Å². The Morgan fingerprint density at radius 3 is 2.37 bits per heavy atom. The molecule has 0 aliphatic carbocycles. The smallest absolute Gasteiger partial charge is 0.251 e. The molecule has 0 spiro atoms. The van der Waals surface area contributed by atoms with Crippen LogP contribution >= 0.6 is 0 Å². The first-order chi connectivity index (χ1) is 8.62. The summed E-state index contributed by atoms with van der Waals surface area (Å²) >= 11 is 0. The number of hydrogen-bond donors (Lipinski definition) is 3. The van der Waals surface area contributed by atoms with E-state index in [9.17, 15) is 14.0 Å². The van der Waals surface area contributed by atoms with Crippen LogP contribution in [0.2, 0.25) is 0 Å². The molecule has 0 saturated heterocycles. The fourth-order valence-electron chi connectivity index (χ4n) is 1.41. The summed E-state index contributed by atoms with van der Waals surface area (Å²) in [6.07, 6.45) is 0. The lowest BCUT2D eigenvalue weighted by molar-refractivity contribution is -0.119. The average Bonchev–Trinajstić information content (AvgIpc) is 2.29. The zero-order valence-electron chi connectivity index (χ0n) is 11.2. The van der Waals surface area contributed by atoms with Crippen molar-refractivity contribution in [3.8, 4) is 0 Å². The highest BCUT2D eigenvalue weighted by atomic mass is 19.1. The van der Waals surface area contributed by atoms with E-state index in [0.29, 0.717) is 0 Å². The number of carbonyl (C=O) groups excluding carboxylic acids is 2. The second-order valence-corrected chi connectivity index (χ2v) is 5.39. The van der Waals surface area contributed by atoms with Crippen LogP contribution in [0.4, 0.5) is 10.1 Å². The Labute approximate surface area is 111 Å². The van der Waals surface area contributed by atoms with Gasteiger partial charge in [0, 0.05) is 5.69 Å². The second-order valence-electron chi connectivity index (χ2n) is 5.39. The highest BCUT2D eigenvalue weighted by molar-refractivity contribution is 5.98. The van der Waals surface area contributed by atoms with E-state index in [1.807, 2.05) is 20.8 Å². The first kappa shape index (κ1) is 15.1. The number of benzene rings is 1. The van der Waals surface area contributed by atoms with Crippen molar-refractivity contribution in [3.05, 3.63) is 29.6 Å². The van der Waals surface area contributed by atoms with E-state index < -0.39 is 29.1 Å². The predicted octanol–water partition coefficient (Wildman–Crippen LogP) is 1.24. The molecule has 0 fully saturated rings. The van der Waals surface area contributed by atoms with Crippen LogP contribution < -0.4 is 16.8 Å². The van der Waals surface area contributed by atoms with Crippen LogP contribution in [0, 0.1) is 11.2 Å². The van der Waals surface area contributed by atoms with E-state index >= 15 is 0 Å². The summed E-state index contributed by atoms with van der Waals surface area (Å²) in [5, 5.41) is 2.53. The van der Waals surface area contributed by atoms with Gasteiger partial charge in [-0.05, 0) is 23.6 Å². The standard InChI is InChI=1S/C13H18FN3O2/c1-13(2,3)10(15)12(19)17-7-4-5-9(14)8(6-7)11(16)18/h4-6,10H,15H2,1-3H3,(H2,16,18)(H,17,19). The lowest BCUT2D eigenvalue weighted by Gasteiger charge is -2.25. The number of halogens is 1. The van der Waals surface area contributed by atoms with Gasteiger partial charge in [-0.1, -0.05) is 20.8 Å². The first-order valence-corrected chi connectivity index (χ1v) is 5.78. The number of carbonyl (C=O) groups is 2. The quantitative estimate of drug-likeness (QED) is 0.768. The molecule has 6 heteroatoms. The second kappa shape index (κ2) is 5.36. The lowest BCUT2D eigenvalue weighted by Crippen LogP contribution is -2.45. The number of primary amides is 1. The molecule has 0 aromatic heterocycles. The summed E-state index contributed by atoms with van der Waals surface area (Å²) in [6, 6.07) is 2.87. The van der Waals surface area contributed by atoms with Gasteiger partial charge in [0.15, 0.2) is 0 Å². The summed E-state index contributed by atoms with van der Waals surface area (Å²) in [6.45, 7) is 5.49. The maximum atomic E-state index is 13.3. The van der Waals surface area contributed by atoms with Crippen LogP contribution in [0.3, 0.4) is 0 Å². The van der Waals surface area contributed by atoms with E-state index in [1.165, 1.54) is 12.1 Å². The third kappa shape index (κ3) is 3.75. The molecule has 0 saturated carbocycles. The fourth-order valence-corrected chi connectivity index (χ4v) is 1.41. The Morgan fingerprint density at radius 2 is 1.89 bits per heavy atom. The number of nitrogens with two attached hydrogens (primary N) is 2. The van der Waals surface area contributed by atoms with E-state index in [-0.39, 0.29) is 11.3 Å². The molecule has 1 aromatic rings. The van der Waals surface area contributed by atoms with Crippen molar-refractivity contribution < 1.29 is 14.0 Å². The zero-order chi connectivity index (χ0) is 14.8. The van der Waals surface area contributed by atoms with Gasteiger partial charge in [0.1, 0.15) is 5.82 Å². The highest BCUT2D eigenvalue weighted by Gasteiger charge is 2.27. The summed E-state index contributed by atoms with van der Waals surface area (Å²) in [5.41, 5.74) is 10.4. The minimum Gasteiger partial charge on any atom is -0.366 e. The van der Waals surface area contributed by atoms with Gasteiger partial charge in [0.25, 0.3) is 5.91 Å². The van der Waals surface area contributed by atoms with Gasteiger partial charge in [-0.2, -0.15) is 0 Å². The average molecular weight is 267 g/mol. The summed E-state index contributed by atoms with van der Waals surface area (Å²) in [5.74, 6) is -2.03. The zero-order valence-corrected chi connectivity index (χ0v) is 11.2. The molecule has 0 radical (unpaired) electrons. The van der Waals surface area contributed by atoms with Crippen molar-refractivity contribution in [2.24, 2.45) is 16.9 Å². The van der Waals surface area contributed by atoms with Crippen LogP contribution in [0.5, 0.6) is 0 Å². The minimum atomic E-state index is -0.895. The number of nitrogens with one attached hydrogen (secondary N) is 1. The highest BCUT2D eigenvalue weighted by Crippen LogP contribution is 2.20. The third-order valence-electron chi connectivity index (χ3n) is 2.71. The molecule has 0 aliphatic heterocycles. The van der Waals surface area contributed by atoms with Crippen LogP contribution in [-0.2, 0) is 4.79 Å². The molecule has 1 aromatic carbocycles. The predicted molar refractivity (Wildman–Crippen MR) is 71.0 cm³/mol. The Hall–Kier alpha value is -1.95. The van der Waals surface area contributed by atoms with Crippen molar-refractivity contribution in [2.75, 3.05) is 5.32 Å². The number of amides is 2. The van der Waals surface area contributed by atoms with Gasteiger partial charge in [-0.15, -0.1) is 0 Å². The van der Waals surface area contributed by atoms with Crippen molar-refractivity contribution in [3.63, 3.8) is 0 Å². The van der Waals surface area contributed by atoms with E-state index in [2.05, 4.69) is 5.32 Å². The summed E-state index contributed by atoms with van der Waals surface area (Å²) in [7, 11) is 0. The van der Waals surface area contributed by atoms with Crippen molar-refractivity contribution in [2.45, 2.75) is 26.8 Å². The molecule has 5 N–H and O–H groups in total. The minimum absolute atomic E-state index is 0.276. The number of rotatable bonds is 3. The lowest BCUT2D eigenvalue weighted by atomic mass is 9.87. The molecule has 0 aliphatic rings. The van der Waals surface area contributed by atoms with E-state index in [0.717, 1.165) is 6.07 Å². The van der Waals surface area contributed by atoms with Crippen molar-refractivity contribution >= 4 is 17.5 Å². The molecule has 1 unspecified atom stereocenters. The maximum absolute atomic E-state index is 13.3. The fraction of sp³-hybridized carbons (Fsp3) is 0.385. The molecule has 2 amide bonds. The Balaban J connectivity index is 2.92. The molecule has 1 rings (SSSR count). The Bertz CT molecular complexity index is 509. The SMILES string of the molecule is CC(C)(C)C(N)C(=O)Nc1ccc(F)c(C(N)=O)c1. The van der Waals surface area contributed by atoms with Gasteiger partial charge >= 0.3 is 0 Å². The van der Waals surface area contributed by atoms with Crippen molar-refractivity contribution in [1.29, 1.82) is 0 Å². The largest absolute Gasteiger partial charge is 0.366 e. The van der Waals surface area contributed by atoms with Crippen molar-refractivity contribution in [1.82, 2.24) is 0 Å². The van der Waals surface area contributed by atoms with Crippen LogP contribution in [0.1, 0.15) is 31.1 Å². The summed E-state index contributed by atoms with van der Waals surface area (Å²) < 4.78 is 13.3. The molecule has 5 nitrogen and oxygen atoms in total. The Morgan fingerprint density at radius 1 is 1.32 bits per heavy atom. The van der Waals surface area contributed by atoms with Gasteiger partial charge < -0.3 is 16.8 Å². The van der Waals surface area contributed by atoms with Gasteiger partial charge in [-0.25, -0.2) is 4.39 Å². The molecule has 0 bridgehead atoms. The van der Waals surface area contributed by atoms with Gasteiger partial charge in [-0.3, -0.25) is 9.59 Å². The number of anilines is 1. The monoisotopic (exact) mass is 267 g/mol. The van der Waals surface area contributed by atoms with Crippen LogP contribution in [0.15, 0.2) is 18.2 Å². The topological polar surface area (TPSA) is 98.2 Å². The number of hydrogen-bond acceptors (Lipinski definition) is 3. The first-order valence-electron chi connectivity index (χ1n) is 5.78. The van der Waals surface area contributed by atoms with Crippen LogP contribution in [-0.4, -0.2) is 17.9 Å². The molecular weight excluding hydrogens is 249 g/mol. The van der Waals surface area contributed by atoms with Crippen LogP contribution in [0.25, 0.3) is 0 Å². The third-order valence-corrected chi connectivity index (χ3v) is 2.71. The van der Waals surface area contributed by atoms with E-state index in [1.54, 1.807) is 0 Å². The summed E-state index contributed by atoms with van der Waals surface area (Å²) in [4.78, 5) is 22.9. The molecule has 1 atom stereocenters. The van der Waals surface area contributed by atoms with Gasteiger partial charge in [0.05, 0.1) is 11.6 Å². The Kier molecular flexibility index (Phi) is 4.26.